The molecule has 0 aromatic rings. The van der Waals surface area contributed by atoms with E-state index in [1.807, 2.05) is 25.8 Å². The van der Waals surface area contributed by atoms with E-state index in [-0.39, 0.29) is 17.2 Å². The van der Waals surface area contributed by atoms with Crippen LogP contribution in [0.4, 0.5) is 0 Å². The summed E-state index contributed by atoms with van der Waals surface area (Å²) in [4.78, 5) is 21.0. The van der Waals surface area contributed by atoms with E-state index in [2.05, 4.69) is 29.1 Å². The smallest absolute Gasteiger partial charge is 0.225 e. The second kappa shape index (κ2) is 7.14. The van der Waals surface area contributed by atoms with Gasteiger partial charge in [0.25, 0.3) is 0 Å². The van der Waals surface area contributed by atoms with Gasteiger partial charge in [-0.15, -0.1) is 0 Å². The monoisotopic (exact) mass is 350 g/mol. The van der Waals surface area contributed by atoms with Gasteiger partial charge < -0.3 is 19.9 Å². The fourth-order valence-corrected chi connectivity index (χ4v) is 4.76. The molecular formula is C19H34N4O2. The average molecular weight is 351 g/mol. The molecule has 3 aliphatic rings. The Morgan fingerprint density at radius 2 is 1.84 bits per heavy atom. The Kier molecular flexibility index (Phi) is 5.28. The van der Waals surface area contributed by atoms with E-state index < -0.39 is 0 Å². The van der Waals surface area contributed by atoms with Crippen molar-refractivity contribution in [1.82, 2.24) is 15.1 Å². The zero-order valence-corrected chi connectivity index (χ0v) is 16.4. The summed E-state index contributed by atoms with van der Waals surface area (Å²) in [5.41, 5.74) is 0.135. The highest BCUT2D eigenvalue weighted by molar-refractivity contribution is 5.82. The van der Waals surface area contributed by atoms with Crippen molar-refractivity contribution < 1.29 is 9.53 Å². The van der Waals surface area contributed by atoms with Gasteiger partial charge in [0.1, 0.15) is 0 Å². The molecule has 1 N–H and O–H groups in total. The summed E-state index contributed by atoms with van der Waals surface area (Å²) in [7, 11) is 1.86. The van der Waals surface area contributed by atoms with Crippen LogP contribution >= 0.6 is 0 Å². The van der Waals surface area contributed by atoms with Gasteiger partial charge in [-0.3, -0.25) is 9.79 Å². The SMILES string of the molecule is CN=C(NC1C2CCCOC2C1(C)C)N1CCN(C(=O)C(C)C)CC1. The molecule has 1 amide bonds. The highest BCUT2D eigenvalue weighted by atomic mass is 16.5. The molecule has 0 spiro atoms. The van der Waals surface area contributed by atoms with E-state index in [1.54, 1.807) is 0 Å². The molecule has 0 aromatic carbocycles. The van der Waals surface area contributed by atoms with Crippen LogP contribution < -0.4 is 5.32 Å². The third-order valence-electron chi connectivity index (χ3n) is 6.21. The second-order valence-corrected chi connectivity index (χ2v) is 8.56. The van der Waals surface area contributed by atoms with Gasteiger partial charge >= 0.3 is 0 Å². The van der Waals surface area contributed by atoms with E-state index in [0.717, 1.165) is 45.2 Å². The van der Waals surface area contributed by atoms with Gasteiger partial charge in [-0.1, -0.05) is 27.7 Å². The summed E-state index contributed by atoms with van der Waals surface area (Å²) in [6.07, 6.45) is 2.76. The summed E-state index contributed by atoms with van der Waals surface area (Å²) >= 11 is 0. The standard InChI is InChI=1S/C19H34N4O2/c1-13(2)17(24)22-8-10-23(11-9-22)18(20-5)21-15-14-7-6-12-25-16(14)19(15,3)4/h13-16H,6-12H2,1-5H3,(H,20,21). The molecule has 3 atom stereocenters. The number of rotatable bonds is 2. The Bertz CT molecular complexity index is 524. The van der Waals surface area contributed by atoms with E-state index in [0.29, 0.717) is 18.1 Å². The Morgan fingerprint density at radius 3 is 2.44 bits per heavy atom. The first kappa shape index (κ1) is 18.5. The molecule has 142 valence electrons. The average Bonchev–Trinajstić information content (AvgIpc) is 2.62. The third-order valence-corrected chi connectivity index (χ3v) is 6.21. The van der Waals surface area contributed by atoms with Gasteiger partial charge in [-0.05, 0) is 12.8 Å². The van der Waals surface area contributed by atoms with Crippen molar-refractivity contribution in [3.05, 3.63) is 0 Å². The first-order valence-electron chi connectivity index (χ1n) is 9.75. The largest absolute Gasteiger partial charge is 0.377 e. The van der Waals surface area contributed by atoms with Crippen LogP contribution in [0.5, 0.6) is 0 Å². The molecular weight excluding hydrogens is 316 g/mol. The zero-order valence-electron chi connectivity index (χ0n) is 16.4. The Morgan fingerprint density at radius 1 is 1.20 bits per heavy atom. The van der Waals surface area contributed by atoms with Crippen molar-refractivity contribution in [2.45, 2.75) is 52.7 Å². The molecule has 6 nitrogen and oxygen atoms in total. The highest BCUT2D eigenvalue weighted by Crippen LogP contribution is 2.51. The lowest BCUT2D eigenvalue weighted by Crippen LogP contribution is -2.71. The Balaban J connectivity index is 1.58. The molecule has 3 unspecified atom stereocenters. The molecule has 2 heterocycles. The predicted octanol–water partition coefficient (Wildman–Crippen LogP) is 1.57. The second-order valence-electron chi connectivity index (χ2n) is 8.56. The topological polar surface area (TPSA) is 57.2 Å². The van der Waals surface area contributed by atoms with Crippen molar-refractivity contribution in [2.24, 2.45) is 22.2 Å². The number of amides is 1. The zero-order chi connectivity index (χ0) is 18.2. The number of hydrogen-bond acceptors (Lipinski definition) is 3. The van der Waals surface area contributed by atoms with Crippen molar-refractivity contribution in [3.63, 3.8) is 0 Å². The molecule has 3 fully saturated rings. The Labute approximate surface area is 152 Å². The van der Waals surface area contributed by atoms with Gasteiger partial charge in [-0.2, -0.15) is 0 Å². The fourth-order valence-electron chi connectivity index (χ4n) is 4.76. The Hall–Kier alpha value is -1.30. The molecule has 25 heavy (non-hydrogen) atoms. The van der Waals surface area contributed by atoms with Gasteiger partial charge in [0.15, 0.2) is 5.96 Å². The van der Waals surface area contributed by atoms with Crippen LogP contribution in [-0.2, 0) is 9.53 Å². The number of guanidine groups is 1. The normalized spacial score (nSPS) is 32.2. The molecule has 1 aliphatic carbocycles. The first-order chi connectivity index (χ1) is 11.9. The van der Waals surface area contributed by atoms with Crippen LogP contribution in [0.2, 0.25) is 0 Å². The van der Waals surface area contributed by atoms with Gasteiger partial charge in [-0.25, -0.2) is 0 Å². The first-order valence-corrected chi connectivity index (χ1v) is 9.75. The summed E-state index contributed by atoms with van der Waals surface area (Å²) in [6, 6.07) is 0.409. The number of aliphatic imine (C=N–C) groups is 1. The number of ether oxygens (including phenoxy) is 1. The third kappa shape index (κ3) is 3.37. The number of carbonyl (C=O) groups is 1. The summed E-state index contributed by atoms with van der Waals surface area (Å²) in [5, 5.41) is 3.72. The number of nitrogens with zero attached hydrogens (tertiary/aromatic N) is 3. The lowest BCUT2D eigenvalue weighted by atomic mass is 9.55. The van der Waals surface area contributed by atoms with E-state index in [1.165, 1.54) is 6.42 Å². The van der Waals surface area contributed by atoms with Gasteiger partial charge in [0.05, 0.1) is 6.10 Å². The van der Waals surface area contributed by atoms with E-state index >= 15 is 0 Å². The maximum absolute atomic E-state index is 12.2. The minimum absolute atomic E-state index is 0.0722. The number of carbonyl (C=O) groups excluding carboxylic acids is 1. The minimum atomic E-state index is 0.0722. The minimum Gasteiger partial charge on any atom is -0.377 e. The van der Waals surface area contributed by atoms with Crippen molar-refractivity contribution in [3.8, 4) is 0 Å². The summed E-state index contributed by atoms with van der Waals surface area (Å²) in [6.45, 7) is 12.7. The molecule has 2 saturated heterocycles. The quantitative estimate of drug-likeness (QED) is 0.607. The molecule has 1 saturated carbocycles. The van der Waals surface area contributed by atoms with Crippen molar-refractivity contribution in [2.75, 3.05) is 39.8 Å². The molecule has 6 heteroatoms. The molecule has 2 aliphatic heterocycles. The molecule has 0 bridgehead atoms. The lowest BCUT2D eigenvalue weighted by molar-refractivity contribution is -0.188. The molecule has 0 radical (unpaired) electrons. The maximum atomic E-state index is 12.2. The number of fused-ring (bicyclic) bond motifs is 1. The molecule has 0 aromatic heterocycles. The van der Waals surface area contributed by atoms with Crippen LogP contribution in [-0.4, -0.2) is 73.6 Å². The van der Waals surface area contributed by atoms with Crippen LogP contribution in [0.25, 0.3) is 0 Å². The number of hydrogen-bond donors (Lipinski definition) is 1. The van der Waals surface area contributed by atoms with Crippen LogP contribution in [0.3, 0.4) is 0 Å². The van der Waals surface area contributed by atoms with Crippen molar-refractivity contribution >= 4 is 11.9 Å². The van der Waals surface area contributed by atoms with E-state index in [9.17, 15) is 4.79 Å². The van der Waals surface area contributed by atoms with E-state index in [4.69, 9.17) is 4.74 Å². The van der Waals surface area contributed by atoms with Gasteiger partial charge in [0.2, 0.25) is 5.91 Å². The predicted molar refractivity (Wildman–Crippen MR) is 99.5 cm³/mol. The number of piperazine rings is 1. The lowest BCUT2D eigenvalue weighted by Gasteiger charge is -2.60. The summed E-state index contributed by atoms with van der Waals surface area (Å²) < 4.78 is 6.01. The van der Waals surface area contributed by atoms with Crippen LogP contribution in [0, 0.1) is 17.3 Å². The summed E-state index contributed by atoms with van der Waals surface area (Å²) in [5.74, 6) is 1.89. The highest BCUT2D eigenvalue weighted by Gasteiger charge is 2.58. The van der Waals surface area contributed by atoms with Gasteiger partial charge in [0, 0.05) is 63.1 Å². The number of nitrogens with one attached hydrogen (secondary N) is 1. The van der Waals surface area contributed by atoms with Crippen LogP contribution in [0.1, 0.15) is 40.5 Å². The molecule has 3 rings (SSSR count). The van der Waals surface area contributed by atoms with Crippen molar-refractivity contribution in [1.29, 1.82) is 0 Å². The maximum Gasteiger partial charge on any atom is 0.225 e. The van der Waals surface area contributed by atoms with Crippen LogP contribution in [0.15, 0.2) is 4.99 Å². The fraction of sp³-hybridized carbons (Fsp3) is 0.895.